The maximum atomic E-state index is 4.26. The van der Waals surface area contributed by atoms with Gasteiger partial charge in [0, 0.05) is 0 Å². The first-order valence-electron chi connectivity index (χ1n) is 6.97. The third-order valence-electron chi connectivity index (χ3n) is 3.00. The van der Waals surface area contributed by atoms with Gasteiger partial charge in [0.2, 0.25) is 0 Å². The predicted octanol–water partition coefficient (Wildman–Crippen LogP) is 3.21. The summed E-state index contributed by atoms with van der Waals surface area (Å²) < 4.78 is 0. The molecule has 0 radical (unpaired) electrons. The highest BCUT2D eigenvalue weighted by Crippen LogP contribution is 2.16. The van der Waals surface area contributed by atoms with Crippen molar-refractivity contribution >= 4 is 0 Å². The number of rotatable bonds is 10. The molecule has 0 aromatic carbocycles. The molecular formula is C13H26N4. The molecule has 0 bridgehead atoms. The summed E-state index contributed by atoms with van der Waals surface area (Å²) in [7, 11) is 0. The van der Waals surface area contributed by atoms with E-state index in [-0.39, 0.29) is 0 Å². The van der Waals surface area contributed by atoms with Gasteiger partial charge in [0.25, 0.3) is 0 Å². The lowest BCUT2D eigenvalue weighted by atomic mass is 10.1. The van der Waals surface area contributed by atoms with Crippen LogP contribution in [0.15, 0.2) is 6.33 Å². The summed E-state index contributed by atoms with van der Waals surface area (Å²) in [5.41, 5.74) is 0. The summed E-state index contributed by atoms with van der Waals surface area (Å²) in [6, 6.07) is 0.346. The van der Waals surface area contributed by atoms with Crippen LogP contribution >= 0.6 is 0 Å². The Balaban J connectivity index is 2.26. The Morgan fingerprint density at radius 1 is 1.18 bits per heavy atom. The lowest BCUT2D eigenvalue weighted by Gasteiger charge is -2.15. The Labute approximate surface area is 105 Å². The molecule has 1 aromatic rings. The number of nitrogens with zero attached hydrogens (tertiary/aromatic N) is 2. The highest BCUT2D eigenvalue weighted by molar-refractivity contribution is 4.90. The average molecular weight is 238 g/mol. The molecule has 4 heteroatoms. The first-order chi connectivity index (χ1) is 8.38. The van der Waals surface area contributed by atoms with Gasteiger partial charge in [-0.1, -0.05) is 46.0 Å². The van der Waals surface area contributed by atoms with Crippen molar-refractivity contribution in [2.75, 3.05) is 6.54 Å². The lowest BCUT2D eigenvalue weighted by Crippen LogP contribution is -2.23. The number of hydrogen-bond donors (Lipinski definition) is 2. The molecule has 98 valence electrons. The van der Waals surface area contributed by atoms with Crippen molar-refractivity contribution < 1.29 is 0 Å². The summed E-state index contributed by atoms with van der Waals surface area (Å²) in [5.74, 6) is 0.981. The van der Waals surface area contributed by atoms with Crippen LogP contribution < -0.4 is 5.32 Å². The number of aromatic nitrogens is 3. The lowest BCUT2D eigenvalue weighted by molar-refractivity contribution is 0.451. The zero-order valence-corrected chi connectivity index (χ0v) is 11.2. The second-order valence-corrected chi connectivity index (χ2v) is 4.58. The minimum atomic E-state index is 0.346. The fourth-order valence-electron chi connectivity index (χ4n) is 1.99. The van der Waals surface area contributed by atoms with Crippen molar-refractivity contribution in [3.8, 4) is 0 Å². The van der Waals surface area contributed by atoms with Gasteiger partial charge in [-0.05, 0) is 19.4 Å². The molecule has 0 saturated carbocycles. The van der Waals surface area contributed by atoms with E-state index in [1.54, 1.807) is 6.33 Å². The Hall–Kier alpha value is -0.900. The predicted molar refractivity (Wildman–Crippen MR) is 70.8 cm³/mol. The fraction of sp³-hybridized carbons (Fsp3) is 0.846. The van der Waals surface area contributed by atoms with E-state index in [0.717, 1.165) is 25.2 Å². The largest absolute Gasteiger partial charge is 0.307 e. The second-order valence-electron chi connectivity index (χ2n) is 4.58. The minimum Gasteiger partial charge on any atom is -0.307 e. The molecule has 0 aliphatic rings. The van der Waals surface area contributed by atoms with E-state index >= 15 is 0 Å². The monoisotopic (exact) mass is 238 g/mol. The van der Waals surface area contributed by atoms with Crippen LogP contribution in [0.4, 0.5) is 0 Å². The van der Waals surface area contributed by atoms with E-state index < -0.39 is 0 Å². The first kappa shape index (κ1) is 14.2. The topological polar surface area (TPSA) is 53.6 Å². The third-order valence-corrected chi connectivity index (χ3v) is 3.00. The summed E-state index contributed by atoms with van der Waals surface area (Å²) in [6.07, 6.45) is 10.5. The van der Waals surface area contributed by atoms with E-state index in [0.29, 0.717) is 6.04 Å². The Bertz CT molecular complexity index is 258. The fourth-order valence-corrected chi connectivity index (χ4v) is 1.99. The normalized spacial score (nSPS) is 12.8. The molecule has 0 amide bonds. The molecule has 2 N–H and O–H groups in total. The molecule has 17 heavy (non-hydrogen) atoms. The van der Waals surface area contributed by atoms with Gasteiger partial charge in [-0.15, -0.1) is 0 Å². The van der Waals surface area contributed by atoms with Crippen LogP contribution in [0.1, 0.15) is 70.7 Å². The van der Waals surface area contributed by atoms with E-state index in [2.05, 4.69) is 34.3 Å². The average Bonchev–Trinajstić information content (AvgIpc) is 2.86. The number of H-pyrrole nitrogens is 1. The zero-order chi connectivity index (χ0) is 12.3. The van der Waals surface area contributed by atoms with Gasteiger partial charge in [-0.25, -0.2) is 4.98 Å². The van der Waals surface area contributed by atoms with Gasteiger partial charge in [0.15, 0.2) is 0 Å². The van der Waals surface area contributed by atoms with Gasteiger partial charge in [-0.3, -0.25) is 5.10 Å². The summed E-state index contributed by atoms with van der Waals surface area (Å²) in [6.45, 7) is 5.48. The molecule has 0 fully saturated rings. The first-order valence-corrected chi connectivity index (χ1v) is 6.97. The molecule has 1 aromatic heterocycles. The number of hydrogen-bond acceptors (Lipinski definition) is 3. The Kier molecular flexibility index (Phi) is 7.63. The quantitative estimate of drug-likeness (QED) is 0.615. The molecule has 1 unspecified atom stereocenters. The van der Waals surface area contributed by atoms with Gasteiger partial charge >= 0.3 is 0 Å². The summed E-state index contributed by atoms with van der Waals surface area (Å²) >= 11 is 0. The molecule has 0 aliphatic carbocycles. The molecule has 1 rings (SSSR count). The molecule has 1 heterocycles. The van der Waals surface area contributed by atoms with E-state index in [1.807, 2.05) is 0 Å². The molecule has 1 atom stereocenters. The van der Waals surface area contributed by atoms with Crippen molar-refractivity contribution in [3.63, 3.8) is 0 Å². The standard InChI is InChI=1S/C13H26N4/c1-3-5-6-7-8-9-12(14-10-4-2)13-15-11-16-17-13/h11-12,14H,3-10H2,1-2H3,(H,15,16,17). The van der Waals surface area contributed by atoms with Crippen molar-refractivity contribution in [1.29, 1.82) is 0 Å². The SMILES string of the molecule is CCCCCCCC(NCCC)c1ncn[nH]1. The number of aromatic amines is 1. The third kappa shape index (κ3) is 5.82. The maximum Gasteiger partial charge on any atom is 0.141 e. The van der Waals surface area contributed by atoms with Crippen LogP contribution in [0.25, 0.3) is 0 Å². The van der Waals surface area contributed by atoms with Gasteiger partial charge in [-0.2, -0.15) is 5.10 Å². The van der Waals surface area contributed by atoms with Crippen LogP contribution in [0.5, 0.6) is 0 Å². The molecule has 0 aliphatic heterocycles. The number of nitrogens with one attached hydrogen (secondary N) is 2. The Morgan fingerprint density at radius 2 is 2.00 bits per heavy atom. The van der Waals surface area contributed by atoms with E-state index in [9.17, 15) is 0 Å². The van der Waals surface area contributed by atoms with E-state index in [4.69, 9.17) is 0 Å². The van der Waals surface area contributed by atoms with Crippen LogP contribution in [0.3, 0.4) is 0 Å². The molecule has 0 spiro atoms. The molecular weight excluding hydrogens is 212 g/mol. The maximum absolute atomic E-state index is 4.26. The van der Waals surface area contributed by atoms with Crippen LogP contribution in [0.2, 0.25) is 0 Å². The summed E-state index contributed by atoms with van der Waals surface area (Å²) in [4.78, 5) is 4.26. The highest BCUT2D eigenvalue weighted by Gasteiger charge is 2.12. The Morgan fingerprint density at radius 3 is 2.65 bits per heavy atom. The highest BCUT2D eigenvalue weighted by atomic mass is 15.2. The van der Waals surface area contributed by atoms with Gasteiger partial charge < -0.3 is 5.32 Å². The zero-order valence-electron chi connectivity index (χ0n) is 11.2. The van der Waals surface area contributed by atoms with Crippen LogP contribution in [-0.2, 0) is 0 Å². The van der Waals surface area contributed by atoms with Crippen molar-refractivity contribution in [1.82, 2.24) is 20.5 Å². The van der Waals surface area contributed by atoms with Crippen molar-refractivity contribution in [3.05, 3.63) is 12.2 Å². The number of unbranched alkanes of at least 4 members (excludes halogenated alkanes) is 4. The van der Waals surface area contributed by atoms with Gasteiger partial charge in [0.1, 0.15) is 12.2 Å². The summed E-state index contributed by atoms with van der Waals surface area (Å²) in [5, 5.41) is 10.4. The van der Waals surface area contributed by atoms with Crippen molar-refractivity contribution in [2.24, 2.45) is 0 Å². The van der Waals surface area contributed by atoms with E-state index in [1.165, 1.54) is 32.1 Å². The van der Waals surface area contributed by atoms with Crippen LogP contribution in [-0.4, -0.2) is 21.7 Å². The molecule has 4 nitrogen and oxygen atoms in total. The molecule has 0 saturated heterocycles. The van der Waals surface area contributed by atoms with Gasteiger partial charge in [0.05, 0.1) is 6.04 Å². The van der Waals surface area contributed by atoms with Crippen LogP contribution in [0, 0.1) is 0 Å². The van der Waals surface area contributed by atoms with Crippen molar-refractivity contribution in [2.45, 2.75) is 64.8 Å². The minimum absolute atomic E-state index is 0.346. The second kappa shape index (κ2) is 9.16. The smallest absolute Gasteiger partial charge is 0.141 e.